The minimum absolute atomic E-state index is 0.0782. The zero-order chi connectivity index (χ0) is 14.1. The minimum atomic E-state index is -0.695. The quantitative estimate of drug-likeness (QED) is 0.574. The van der Waals surface area contributed by atoms with E-state index in [9.17, 15) is 9.90 Å². The van der Waals surface area contributed by atoms with Gasteiger partial charge in [0, 0.05) is 13.1 Å². The lowest BCUT2D eigenvalue weighted by Gasteiger charge is -2.12. The third-order valence-electron chi connectivity index (χ3n) is 2.14. The van der Waals surface area contributed by atoms with Gasteiger partial charge in [-0.1, -0.05) is 13.8 Å². The maximum absolute atomic E-state index is 11.4. The number of carbonyl (C=O) groups excluding carboxylic acids is 1. The topological polar surface area (TPSA) is 96.4 Å². The molecule has 0 radical (unpaired) electrons. The van der Waals surface area contributed by atoms with Crippen molar-refractivity contribution in [3.8, 4) is 5.88 Å². The van der Waals surface area contributed by atoms with Crippen molar-refractivity contribution in [3.63, 3.8) is 0 Å². The van der Waals surface area contributed by atoms with Crippen molar-refractivity contribution in [2.24, 2.45) is 5.92 Å². The van der Waals surface area contributed by atoms with Crippen LogP contribution < -0.4 is 15.4 Å². The van der Waals surface area contributed by atoms with Crippen molar-refractivity contribution >= 4 is 17.6 Å². The van der Waals surface area contributed by atoms with Gasteiger partial charge in [0.05, 0.1) is 18.3 Å². The first-order chi connectivity index (χ1) is 9.08. The van der Waals surface area contributed by atoms with Gasteiger partial charge < -0.3 is 20.5 Å². The van der Waals surface area contributed by atoms with E-state index in [0.29, 0.717) is 18.3 Å². The Morgan fingerprint density at radius 1 is 1.53 bits per heavy atom. The molecule has 1 aromatic rings. The van der Waals surface area contributed by atoms with Crippen molar-refractivity contribution in [1.29, 1.82) is 0 Å². The molecular formula is C11H20N4O3S. The van der Waals surface area contributed by atoms with Crippen LogP contribution in [-0.4, -0.2) is 52.1 Å². The lowest BCUT2D eigenvalue weighted by Crippen LogP contribution is -2.39. The molecule has 7 nitrogen and oxygen atoms in total. The molecule has 0 saturated carbocycles. The van der Waals surface area contributed by atoms with Crippen LogP contribution in [0, 0.1) is 5.92 Å². The fraction of sp³-hybridized carbons (Fsp3) is 0.727. The number of aromatic nitrogens is 2. The molecular weight excluding hydrogens is 268 g/mol. The van der Waals surface area contributed by atoms with Gasteiger partial charge in [-0.25, -0.2) is 0 Å². The molecule has 1 unspecified atom stereocenters. The summed E-state index contributed by atoms with van der Waals surface area (Å²) in [5.41, 5.74) is 0. The van der Waals surface area contributed by atoms with E-state index < -0.39 is 6.10 Å². The third-order valence-corrected chi connectivity index (χ3v) is 2.60. The smallest absolute Gasteiger partial charge is 0.245 e. The summed E-state index contributed by atoms with van der Waals surface area (Å²) in [5, 5.41) is 15.3. The van der Waals surface area contributed by atoms with E-state index in [-0.39, 0.29) is 25.6 Å². The SMILES string of the molecule is CC(C)CNC(=O)CNCC(O)COc1cnsn1. The Hall–Kier alpha value is -1.25. The van der Waals surface area contributed by atoms with Gasteiger partial charge in [-0.2, -0.15) is 4.37 Å². The van der Waals surface area contributed by atoms with E-state index in [1.165, 1.54) is 6.20 Å². The van der Waals surface area contributed by atoms with Crippen LogP contribution in [0.3, 0.4) is 0 Å². The van der Waals surface area contributed by atoms with Gasteiger partial charge in [-0.05, 0) is 5.92 Å². The van der Waals surface area contributed by atoms with Crippen LogP contribution >= 0.6 is 11.7 Å². The van der Waals surface area contributed by atoms with E-state index >= 15 is 0 Å². The van der Waals surface area contributed by atoms with Crippen LogP contribution in [0.1, 0.15) is 13.8 Å². The number of hydrogen-bond donors (Lipinski definition) is 3. The van der Waals surface area contributed by atoms with Gasteiger partial charge in [0.15, 0.2) is 0 Å². The number of ether oxygens (including phenoxy) is 1. The second kappa shape index (κ2) is 8.78. The fourth-order valence-electron chi connectivity index (χ4n) is 1.19. The highest BCUT2D eigenvalue weighted by molar-refractivity contribution is 6.99. The summed E-state index contributed by atoms with van der Waals surface area (Å²) in [6, 6.07) is 0. The number of nitrogens with one attached hydrogen (secondary N) is 2. The first-order valence-electron chi connectivity index (χ1n) is 6.13. The summed E-state index contributed by atoms with van der Waals surface area (Å²) >= 11 is 1.05. The first-order valence-corrected chi connectivity index (χ1v) is 6.86. The Balaban J connectivity index is 2.03. The summed E-state index contributed by atoms with van der Waals surface area (Å²) in [5.74, 6) is 0.749. The molecule has 3 N–H and O–H groups in total. The highest BCUT2D eigenvalue weighted by atomic mass is 32.1. The minimum Gasteiger partial charge on any atom is -0.473 e. The molecule has 0 aliphatic rings. The maximum atomic E-state index is 11.4. The molecule has 0 bridgehead atoms. The number of hydrogen-bond acceptors (Lipinski definition) is 7. The van der Waals surface area contributed by atoms with Gasteiger partial charge in [0.2, 0.25) is 11.8 Å². The fourth-order valence-corrected chi connectivity index (χ4v) is 1.56. The summed E-state index contributed by atoms with van der Waals surface area (Å²) < 4.78 is 12.8. The second-order valence-electron chi connectivity index (χ2n) is 4.54. The molecule has 1 atom stereocenters. The van der Waals surface area contributed by atoms with Crippen LogP contribution in [0.4, 0.5) is 0 Å². The maximum Gasteiger partial charge on any atom is 0.245 e. The Bertz CT molecular complexity index is 359. The van der Waals surface area contributed by atoms with Crippen molar-refractivity contribution in [3.05, 3.63) is 6.20 Å². The molecule has 8 heteroatoms. The van der Waals surface area contributed by atoms with Crippen molar-refractivity contribution in [2.45, 2.75) is 20.0 Å². The van der Waals surface area contributed by atoms with E-state index in [1.54, 1.807) is 0 Å². The normalized spacial score (nSPS) is 12.4. The summed E-state index contributed by atoms with van der Waals surface area (Å²) in [6.45, 7) is 5.30. The lowest BCUT2D eigenvalue weighted by molar-refractivity contribution is -0.120. The molecule has 0 aliphatic heterocycles. The van der Waals surface area contributed by atoms with E-state index in [1.807, 2.05) is 13.8 Å². The molecule has 1 amide bonds. The molecule has 19 heavy (non-hydrogen) atoms. The van der Waals surface area contributed by atoms with Gasteiger partial charge in [-0.3, -0.25) is 4.79 Å². The molecule has 0 spiro atoms. The molecule has 0 aromatic carbocycles. The molecule has 1 aromatic heterocycles. The van der Waals surface area contributed by atoms with Gasteiger partial charge in [0.1, 0.15) is 18.9 Å². The van der Waals surface area contributed by atoms with Crippen molar-refractivity contribution in [1.82, 2.24) is 19.4 Å². The zero-order valence-corrected chi connectivity index (χ0v) is 11.9. The monoisotopic (exact) mass is 288 g/mol. The molecule has 1 heterocycles. The summed E-state index contributed by atoms with van der Waals surface area (Å²) in [6.07, 6.45) is 0.795. The van der Waals surface area contributed by atoms with Gasteiger partial charge in [0.25, 0.3) is 0 Å². The lowest BCUT2D eigenvalue weighted by atomic mass is 10.2. The standard InChI is InChI=1S/C11H20N4O3S/c1-8(2)3-13-10(17)5-12-4-9(16)7-18-11-6-14-19-15-11/h6,8-9,12,16H,3-5,7H2,1-2H3,(H,13,17). The Labute approximate surface area is 116 Å². The number of aliphatic hydroxyl groups is 1. The van der Waals surface area contributed by atoms with Crippen LogP contribution in [0.15, 0.2) is 6.20 Å². The third kappa shape index (κ3) is 7.70. The average molecular weight is 288 g/mol. The average Bonchev–Trinajstić information content (AvgIpc) is 2.87. The molecule has 0 fully saturated rings. The molecule has 0 saturated heterocycles. The highest BCUT2D eigenvalue weighted by Crippen LogP contribution is 2.04. The number of nitrogens with zero attached hydrogens (tertiary/aromatic N) is 2. The number of amides is 1. The summed E-state index contributed by atoms with van der Waals surface area (Å²) in [4.78, 5) is 11.4. The predicted molar refractivity (Wildman–Crippen MR) is 72.1 cm³/mol. The number of aliphatic hydroxyl groups excluding tert-OH is 1. The van der Waals surface area contributed by atoms with E-state index in [2.05, 4.69) is 19.4 Å². The summed E-state index contributed by atoms with van der Waals surface area (Å²) in [7, 11) is 0. The van der Waals surface area contributed by atoms with Crippen LogP contribution in [0.2, 0.25) is 0 Å². The molecule has 0 aliphatic carbocycles. The molecule has 108 valence electrons. The number of rotatable bonds is 9. The Morgan fingerprint density at radius 2 is 2.32 bits per heavy atom. The van der Waals surface area contributed by atoms with Crippen molar-refractivity contribution in [2.75, 3.05) is 26.2 Å². The van der Waals surface area contributed by atoms with Crippen LogP contribution in [0.5, 0.6) is 5.88 Å². The van der Waals surface area contributed by atoms with Crippen molar-refractivity contribution < 1.29 is 14.6 Å². The first kappa shape index (κ1) is 15.8. The Kier molecular flexibility index (Phi) is 7.31. The Morgan fingerprint density at radius 3 is 2.95 bits per heavy atom. The van der Waals surface area contributed by atoms with E-state index in [4.69, 9.17) is 4.74 Å². The predicted octanol–water partition coefficient (Wildman–Crippen LogP) is -0.360. The van der Waals surface area contributed by atoms with Gasteiger partial charge >= 0.3 is 0 Å². The van der Waals surface area contributed by atoms with Crippen LogP contribution in [-0.2, 0) is 4.79 Å². The number of carbonyl (C=O) groups is 1. The molecule has 1 rings (SSSR count). The zero-order valence-electron chi connectivity index (χ0n) is 11.1. The largest absolute Gasteiger partial charge is 0.473 e. The second-order valence-corrected chi connectivity index (χ2v) is 5.10. The van der Waals surface area contributed by atoms with Gasteiger partial charge in [-0.15, -0.1) is 4.37 Å². The van der Waals surface area contributed by atoms with E-state index in [0.717, 1.165) is 11.7 Å². The highest BCUT2D eigenvalue weighted by Gasteiger charge is 2.08. The van der Waals surface area contributed by atoms with Crippen LogP contribution in [0.25, 0.3) is 0 Å².